The van der Waals surface area contributed by atoms with E-state index in [1.807, 2.05) is 4.90 Å². The standard InChI is InChI=1S/C15H23NO3/c17-14-9-11(10-16(14)12-5-1-2-6-12)15(18)19-13-7-3-4-8-13/h11-13H,1-10H2/t11-/m0/s1. The second kappa shape index (κ2) is 5.51. The molecule has 1 saturated heterocycles. The molecule has 1 aliphatic heterocycles. The summed E-state index contributed by atoms with van der Waals surface area (Å²) in [5.74, 6) is -0.199. The van der Waals surface area contributed by atoms with Crippen molar-refractivity contribution < 1.29 is 14.3 Å². The van der Waals surface area contributed by atoms with Crippen LogP contribution in [0, 0.1) is 5.92 Å². The van der Waals surface area contributed by atoms with Crippen LogP contribution >= 0.6 is 0 Å². The summed E-state index contributed by atoms with van der Waals surface area (Å²) in [5.41, 5.74) is 0. The van der Waals surface area contributed by atoms with Gasteiger partial charge in [-0.2, -0.15) is 0 Å². The van der Waals surface area contributed by atoms with E-state index >= 15 is 0 Å². The van der Waals surface area contributed by atoms with Gasteiger partial charge in [-0.15, -0.1) is 0 Å². The summed E-state index contributed by atoms with van der Waals surface area (Å²) in [7, 11) is 0. The first-order valence-electron chi connectivity index (χ1n) is 7.74. The van der Waals surface area contributed by atoms with Crippen molar-refractivity contribution in [2.24, 2.45) is 5.92 Å². The Bertz CT molecular complexity index is 356. The summed E-state index contributed by atoms with van der Waals surface area (Å²) in [6.07, 6.45) is 9.44. The quantitative estimate of drug-likeness (QED) is 0.735. The van der Waals surface area contributed by atoms with Crippen molar-refractivity contribution in [3.8, 4) is 0 Å². The highest BCUT2D eigenvalue weighted by molar-refractivity contribution is 5.87. The summed E-state index contributed by atoms with van der Waals surface area (Å²) < 4.78 is 5.54. The molecular formula is C15H23NO3. The average molecular weight is 265 g/mol. The van der Waals surface area contributed by atoms with Crippen molar-refractivity contribution >= 4 is 11.9 Å². The highest BCUT2D eigenvalue weighted by Crippen LogP contribution is 2.31. The van der Waals surface area contributed by atoms with Crippen LogP contribution in [0.5, 0.6) is 0 Å². The maximum Gasteiger partial charge on any atom is 0.311 e. The summed E-state index contributed by atoms with van der Waals surface area (Å²) >= 11 is 0. The summed E-state index contributed by atoms with van der Waals surface area (Å²) in [6.45, 7) is 0.592. The molecule has 106 valence electrons. The van der Waals surface area contributed by atoms with Gasteiger partial charge in [0.25, 0.3) is 0 Å². The third kappa shape index (κ3) is 2.77. The molecule has 4 nitrogen and oxygen atoms in total. The minimum atomic E-state index is -0.214. The van der Waals surface area contributed by atoms with Crippen LogP contribution < -0.4 is 0 Å². The molecule has 2 saturated carbocycles. The first-order valence-corrected chi connectivity index (χ1v) is 7.74. The van der Waals surface area contributed by atoms with Gasteiger partial charge in [0.05, 0.1) is 5.92 Å². The molecule has 0 spiro atoms. The van der Waals surface area contributed by atoms with Gasteiger partial charge >= 0.3 is 5.97 Å². The summed E-state index contributed by atoms with van der Waals surface area (Å²) in [4.78, 5) is 26.1. The molecule has 1 atom stereocenters. The maximum absolute atomic E-state index is 12.1. The maximum atomic E-state index is 12.1. The van der Waals surface area contributed by atoms with Crippen LogP contribution in [0.25, 0.3) is 0 Å². The first-order chi connectivity index (χ1) is 9.24. The third-order valence-corrected chi connectivity index (χ3v) is 4.84. The van der Waals surface area contributed by atoms with Gasteiger partial charge in [-0.3, -0.25) is 9.59 Å². The van der Waals surface area contributed by atoms with Crippen molar-refractivity contribution in [3.05, 3.63) is 0 Å². The molecule has 0 aromatic rings. The minimum Gasteiger partial charge on any atom is -0.462 e. The predicted molar refractivity (Wildman–Crippen MR) is 70.4 cm³/mol. The molecule has 3 fully saturated rings. The Balaban J connectivity index is 1.54. The second-order valence-corrected chi connectivity index (χ2v) is 6.23. The number of carbonyl (C=O) groups excluding carboxylic acids is 2. The summed E-state index contributed by atoms with van der Waals surface area (Å²) in [6, 6.07) is 0.386. The van der Waals surface area contributed by atoms with Gasteiger partial charge in [-0.1, -0.05) is 12.8 Å². The summed E-state index contributed by atoms with van der Waals surface area (Å²) in [5, 5.41) is 0. The first kappa shape index (κ1) is 12.9. The minimum absolute atomic E-state index is 0.114. The zero-order chi connectivity index (χ0) is 13.2. The van der Waals surface area contributed by atoms with Crippen molar-refractivity contribution in [2.45, 2.75) is 69.9 Å². The Kier molecular flexibility index (Phi) is 3.76. The second-order valence-electron chi connectivity index (χ2n) is 6.23. The lowest BCUT2D eigenvalue weighted by atomic mass is 10.1. The van der Waals surface area contributed by atoms with Gasteiger partial charge in [0.1, 0.15) is 6.10 Å². The molecule has 0 aromatic heterocycles. The van der Waals surface area contributed by atoms with E-state index in [1.54, 1.807) is 0 Å². The van der Waals surface area contributed by atoms with E-state index in [4.69, 9.17) is 4.74 Å². The van der Waals surface area contributed by atoms with Crippen LogP contribution in [0.3, 0.4) is 0 Å². The van der Waals surface area contributed by atoms with Gasteiger partial charge in [-0.05, 0) is 38.5 Å². The number of ether oxygens (including phenoxy) is 1. The average Bonchev–Trinajstić information content (AvgIpc) is 3.07. The molecule has 1 amide bonds. The fourth-order valence-electron chi connectivity index (χ4n) is 3.73. The van der Waals surface area contributed by atoms with Crippen LogP contribution in [-0.4, -0.2) is 35.5 Å². The van der Waals surface area contributed by atoms with E-state index in [0.29, 0.717) is 19.0 Å². The smallest absolute Gasteiger partial charge is 0.311 e. The number of likely N-dealkylation sites (tertiary alicyclic amines) is 1. The molecule has 0 radical (unpaired) electrons. The number of hydrogen-bond donors (Lipinski definition) is 0. The van der Waals surface area contributed by atoms with Gasteiger partial charge in [-0.25, -0.2) is 0 Å². The molecule has 3 aliphatic rings. The van der Waals surface area contributed by atoms with Gasteiger partial charge < -0.3 is 9.64 Å². The van der Waals surface area contributed by atoms with Crippen LogP contribution in [0.15, 0.2) is 0 Å². The van der Waals surface area contributed by atoms with Crippen LogP contribution in [0.4, 0.5) is 0 Å². The molecule has 0 unspecified atom stereocenters. The van der Waals surface area contributed by atoms with Crippen molar-refractivity contribution in [3.63, 3.8) is 0 Å². The fraction of sp³-hybridized carbons (Fsp3) is 0.867. The van der Waals surface area contributed by atoms with Crippen molar-refractivity contribution in [1.82, 2.24) is 4.90 Å². The lowest BCUT2D eigenvalue weighted by Gasteiger charge is -2.24. The lowest BCUT2D eigenvalue weighted by molar-refractivity contribution is -0.153. The number of amides is 1. The molecule has 0 bridgehead atoms. The largest absolute Gasteiger partial charge is 0.462 e. The normalized spacial score (nSPS) is 29.4. The van der Waals surface area contributed by atoms with E-state index in [-0.39, 0.29) is 23.9 Å². The topological polar surface area (TPSA) is 46.6 Å². The Morgan fingerprint density at radius 3 is 2.37 bits per heavy atom. The van der Waals surface area contributed by atoms with Gasteiger partial charge in [0, 0.05) is 19.0 Å². The molecule has 4 heteroatoms. The highest BCUT2D eigenvalue weighted by atomic mass is 16.5. The molecule has 3 rings (SSSR count). The molecule has 19 heavy (non-hydrogen) atoms. The Morgan fingerprint density at radius 1 is 1.05 bits per heavy atom. The Labute approximate surface area is 114 Å². The molecule has 0 aromatic carbocycles. The number of nitrogens with zero attached hydrogens (tertiary/aromatic N) is 1. The monoisotopic (exact) mass is 265 g/mol. The van der Waals surface area contributed by atoms with E-state index in [1.165, 1.54) is 12.8 Å². The van der Waals surface area contributed by atoms with Crippen LogP contribution in [0.2, 0.25) is 0 Å². The van der Waals surface area contributed by atoms with Gasteiger partial charge in [0.15, 0.2) is 0 Å². The molecule has 1 heterocycles. The number of hydrogen-bond acceptors (Lipinski definition) is 3. The Morgan fingerprint density at radius 2 is 1.68 bits per heavy atom. The van der Waals surface area contributed by atoms with Crippen LogP contribution in [-0.2, 0) is 14.3 Å². The van der Waals surface area contributed by atoms with E-state index in [0.717, 1.165) is 38.5 Å². The van der Waals surface area contributed by atoms with Crippen LogP contribution in [0.1, 0.15) is 57.8 Å². The van der Waals surface area contributed by atoms with Crippen molar-refractivity contribution in [1.29, 1.82) is 0 Å². The molecular weight excluding hydrogens is 242 g/mol. The predicted octanol–water partition coefficient (Wildman–Crippen LogP) is 2.26. The molecule has 2 aliphatic carbocycles. The number of esters is 1. The third-order valence-electron chi connectivity index (χ3n) is 4.84. The lowest BCUT2D eigenvalue weighted by Crippen LogP contribution is -2.35. The van der Waals surface area contributed by atoms with E-state index in [2.05, 4.69) is 0 Å². The van der Waals surface area contributed by atoms with Crippen molar-refractivity contribution in [2.75, 3.05) is 6.54 Å². The molecule has 0 N–H and O–H groups in total. The highest BCUT2D eigenvalue weighted by Gasteiger charge is 2.40. The number of rotatable bonds is 3. The zero-order valence-corrected chi connectivity index (χ0v) is 11.5. The Hall–Kier alpha value is -1.06. The van der Waals surface area contributed by atoms with Gasteiger partial charge in [0.2, 0.25) is 5.91 Å². The fourth-order valence-corrected chi connectivity index (χ4v) is 3.73. The van der Waals surface area contributed by atoms with E-state index in [9.17, 15) is 9.59 Å². The van der Waals surface area contributed by atoms with E-state index < -0.39 is 0 Å². The SMILES string of the molecule is O=C(OC1CCCC1)[C@H]1CC(=O)N(C2CCCC2)C1. The zero-order valence-electron chi connectivity index (χ0n) is 11.5. The number of carbonyl (C=O) groups is 2.